The Kier molecular flexibility index (Phi) is 6.99. The Hall–Kier alpha value is -5.55. The van der Waals surface area contributed by atoms with Gasteiger partial charge in [0.2, 0.25) is 18.6 Å². The van der Waals surface area contributed by atoms with E-state index in [4.69, 9.17) is 9.47 Å². The fourth-order valence-corrected chi connectivity index (χ4v) is 6.12. The van der Waals surface area contributed by atoms with Gasteiger partial charge in [-0.15, -0.1) is 0 Å². The van der Waals surface area contributed by atoms with Crippen molar-refractivity contribution in [2.75, 3.05) is 24.0 Å². The summed E-state index contributed by atoms with van der Waals surface area (Å²) in [6.45, 7) is -0.256. The molecule has 0 spiro atoms. The maximum Gasteiger partial charge on any atom is 0.294 e. The Labute approximate surface area is 255 Å². The topological polar surface area (TPSA) is 119 Å². The highest BCUT2D eigenvalue weighted by atomic mass is 32.2. The molecule has 1 saturated heterocycles. The van der Waals surface area contributed by atoms with Crippen LogP contribution in [-0.2, 0) is 20.9 Å². The number of carbonyl (C=O) groups is 4. The van der Waals surface area contributed by atoms with Gasteiger partial charge < -0.3 is 24.7 Å². The molecule has 0 bridgehead atoms. The zero-order valence-corrected chi connectivity index (χ0v) is 23.9. The van der Waals surface area contributed by atoms with E-state index in [1.54, 1.807) is 41.1 Å². The summed E-state index contributed by atoms with van der Waals surface area (Å²) in [4.78, 5) is 53.1. The largest absolute Gasteiger partial charge is 0.454 e. The van der Waals surface area contributed by atoms with Crippen molar-refractivity contribution in [2.24, 2.45) is 0 Å². The fraction of sp³-hybridized carbons (Fsp3) is 0.0909. The molecule has 44 heavy (non-hydrogen) atoms. The van der Waals surface area contributed by atoms with Crippen LogP contribution < -0.4 is 20.1 Å². The van der Waals surface area contributed by atoms with Crippen molar-refractivity contribution in [3.8, 4) is 11.5 Å². The predicted molar refractivity (Wildman–Crippen MR) is 168 cm³/mol. The molecule has 2 aliphatic rings. The lowest BCUT2D eigenvalue weighted by molar-refractivity contribution is -0.127. The van der Waals surface area contributed by atoms with Crippen molar-refractivity contribution in [3.05, 3.63) is 102 Å². The number of aromatic nitrogens is 1. The zero-order valence-electron chi connectivity index (χ0n) is 23.1. The highest BCUT2D eigenvalue weighted by Gasteiger charge is 2.36. The number of thioether (sulfide) groups is 1. The second-order valence-electron chi connectivity index (χ2n) is 10.2. The van der Waals surface area contributed by atoms with E-state index >= 15 is 0 Å². The molecule has 0 radical (unpaired) electrons. The summed E-state index contributed by atoms with van der Waals surface area (Å²) in [6.07, 6.45) is 3.40. The minimum atomic E-state index is -0.551. The number of nitrogens with one attached hydrogen (secondary N) is 2. The zero-order chi connectivity index (χ0) is 30.2. The molecule has 10 nitrogen and oxygen atoms in total. The average Bonchev–Trinajstić information content (AvgIpc) is 3.70. The van der Waals surface area contributed by atoms with Crippen LogP contribution in [0.4, 0.5) is 16.2 Å². The number of anilines is 2. The fourth-order valence-electron chi connectivity index (χ4n) is 5.30. The summed E-state index contributed by atoms with van der Waals surface area (Å²) >= 11 is 0.779. The van der Waals surface area contributed by atoms with E-state index in [0.717, 1.165) is 38.3 Å². The van der Waals surface area contributed by atoms with Crippen molar-refractivity contribution in [1.29, 1.82) is 0 Å². The van der Waals surface area contributed by atoms with Gasteiger partial charge in [-0.1, -0.05) is 54.6 Å². The maximum atomic E-state index is 13.3. The second-order valence-corrected chi connectivity index (χ2v) is 11.2. The number of carbonyl (C=O) groups excluding carboxylic acids is 4. The van der Waals surface area contributed by atoms with E-state index in [1.165, 1.54) is 0 Å². The lowest BCUT2D eigenvalue weighted by Gasteiger charge is -2.13. The lowest BCUT2D eigenvalue weighted by atomic mass is 10.1. The Balaban J connectivity index is 1.07. The Bertz CT molecular complexity index is 2030. The van der Waals surface area contributed by atoms with Crippen LogP contribution in [0.1, 0.15) is 5.56 Å². The van der Waals surface area contributed by atoms with Gasteiger partial charge in [0.05, 0.1) is 4.91 Å². The predicted octanol–water partition coefficient (Wildman–Crippen LogP) is 5.84. The Morgan fingerprint density at radius 2 is 1.57 bits per heavy atom. The highest BCUT2D eigenvalue weighted by Crippen LogP contribution is 2.35. The van der Waals surface area contributed by atoms with Crippen LogP contribution in [0.5, 0.6) is 11.5 Å². The van der Waals surface area contributed by atoms with Crippen molar-refractivity contribution in [2.45, 2.75) is 6.54 Å². The molecule has 7 rings (SSSR count). The summed E-state index contributed by atoms with van der Waals surface area (Å²) in [6, 6.07) is 25.8. The summed E-state index contributed by atoms with van der Waals surface area (Å²) in [5, 5.41) is 7.80. The monoisotopic (exact) mass is 604 g/mol. The van der Waals surface area contributed by atoms with E-state index in [2.05, 4.69) is 10.6 Å². The minimum Gasteiger partial charge on any atom is -0.454 e. The number of amides is 4. The van der Waals surface area contributed by atoms with Gasteiger partial charge in [-0.3, -0.25) is 24.1 Å². The molecule has 1 fully saturated rings. The molecule has 3 heterocycles. The van der Waals surface area contributed by atoms with E-state index < -0.39 is 23.6 Å². The number of para-hydroxylation sites is 1. The first-order valence-electron chi connectivity index (χ1n) is 13.7. The average molecular weight is 605 g/mol. The lowest BCUT2D eigenvalue weighted by Crippen LogP contribution is -2.36. The van der Waals surface area contributed by atoms with Crippen LogP contribution in [0.2, 0.25) is 0 Å². The summed E-state index contributed by atoms with van der Waals surface area (Å²) in [5.74, 6) is -0.0930. The third kappa shape index (κ3) is 5.25. The number of benzene rings is 4. The van der Waals surface area contributed by atoms with Crippen LogP contribution in [0.25, 0.3) is 27.8 Å². The van der Waals surface area contributed by atoms with Gasteiger partial charge in [-0.25, -0.2) is 0 Å². The van der Waals surface area contributed by atoms with Gasteiger partial charge in [0, 0.05) is 45.5 Å². The first-order valence-corrected chi connectivity index (χ1v) is 14.5. The second kappa shape index (κ2) is 11.3. The SMILES string of the molecule is O=C(Cn1cc(/C=C2\SC(=O)N(CC(=O)Nc3cccc4ccccc34)C2=O)c2ccccc21)Nc1ccc2c(c1)OCO2. The van der Waals surface area contributed by atoms with E-state index in [0.29, 0.717) is 28.4 Å². The number of hydrogen-bond acceptors (Lipinski definition) is 7. The van der Waals surface area contributed by atoms with Crippen molar-refractivity contribution < 1.29 is 28.7 Å². The van der Waals surface area contributed by atoms with Gasteiger partial charge in [0.1, 0.15) is 13.1 Å². The first-order chi connectivity index (χ1) is 21.4. The molecule has 1 aromatic heterocycles. The molecule has 0 atom stereocenters. The van der Waals surface area contributed by atoms with Gasteiger partial charge in [0.25, 0.3) is 11.1 Å². The third-order valence-electron chi connectivity index (χ3n) is 7.32. The molecule has 4 aromatic carbocycles. The van der Waals surface area contributed by atoms with Crippen LogP contribution in [-0.4, -0.2) is 45.8 Å². The molecule has 5 aromatic rings. The molecule has 2 aliphatic heterocycles. The van der Waals surface area contributed by atoms with E-state index in [-0.39, 0.29) is 24.2 Å². The number of fused-ring (bicyclic) bond motifs is 3. The number of nitrogens with zero attached hydrogens (tertiary/aromatic N) is 2. The standard InChI is InChI=1S/C33H24N4O6S/c38-30(34-22-12-13-27-28(15-22)43-19-42-27)17-36-16-21(24-9-3-4-11-26(24)36)14-29-32(40)37(33(41)44-29)18-31(39)35-25-10-5-7-20-6-1-2-8-23(20)25/h1-16H,17-19H2,(H,34,38)(H,35,39)/b29-14-. The summed E-state index contributed by atoms with van der Waals surface area (Å²) in [7, 11) is 0. The summed E-state index contributed by atoms with van der Waals surface area (Å²) < 4.78 is 12.5. The number of rotatable bonds is 7. The molecule has 218 valence electrons. The smallest absolute Gasteiger partial charge is 0.294 e. The molecule has 4 amide bonds. The number of imide groups is 1. The first kappa shape index (κ1) is 27.3. The summed E-state index contributed by atoms with van der Waals surface area (Å²) in [5.41, 5.74) is 2.63. The molecular weight excluding hydrogens is 580 g/mol. The minimum absolute atomic E-state index is 0.0125. The molecular formula is C33H24N4O6S. The Morgan fingerprint density at radius 1 is 0.818 bits per heavy atom. The van der Waals surface area contributed by atoms with Gasteiger partial charge in [-0.2, -0.15) is 0 Å². The Morgan fingerprint density at radius 3 is 2.45 bits per heavy atom. The number of ether oxygens (including phenoxy) is 2. The van der Waals surface area contributed by atoms with Crippen molar-refractivity contribution >= 4 is 73.8 Å². The van der Waals surface area contributed by atoms with Gasteiger partial charge in [-0.05, 0) is 47.5 Å². The van der Waals surface area contributed by atoms with E-state index in [9.17, 15) is 19.2 Å². The highest BCUT2D eigenvalue weighted by molar-refractivity contribution is 8.18. The molecule has 11 heteroatoms. The van der Waals surface area contributed by atoms with Crippen molar-refractivity contribution in [3.63, 3.8) is 0 Å². The number of hydrogen-bond donors (Lipinski definition) is 2. The van der Waals surface area contributed by atoms with Crippen LogP contribution >= 0.6 is 11.8 Å². The molecule has 0 aliphatic carbocycles. The van der Waals surface area contributed by atoms with E-state index in [1.807, 2.05) is 60.7 Å². The molecule has 0 saturated carbocycles. The van der Waals surface area contributed by atoms with Gasteiger partial charge >= 0.3 is 0 Å². The van der Waals surface area contributed by atoms with Crippen LogP contribution in [0.3, 0.4) is 0 Å². The van der Waals surface area contributed by atoms with Gasteiger partial charge in [0.15, 0.2) is 11.5 Å². The quantitative estimate of drug-likeness (QED) is 0.224. The normalized spacial score (nSPS) is 15.0. The third-order valence-corrected chi connectivity index (χ3v) is 8.22. The molecule has 0 unspecified atom stereocenters. The van der Waals surface area contributed by atoms with Crippen LogP contribution in [0, 0.1) is 0 Å². The maximum absolute atomic E-state index is 13.3. The van der Waals surface area contributed by atoms with Crippen LogP contribution in [0.15, 0.2) is 96.0 Å². The van der Waals surface area contributed by atoms with Crippen molar-refractivity contribution in [1.82, 2.24) is 9.47 Å². The molecule has 2 N–H and O–H groups in total.